The molecule has 2 aromatic rings. The maximum Gasteiger partial charge on any atom is 0.142 e. The molecule has 90 valence electrons. The van der Waals surface area contributed by atoms with E-state index in [2.05, 4.69) is 14.2 Å². The van der Waals surface area contributed by atoms with Gasteiger partial charge in [-0.2, -0.15) is 8.75 Å². The van der Waals surface area contributed by atoms with Crippen molar-refractivity contribution in [3.05, 3.63) is 46.5 Å². The van der Waals surface area contributed by atoms with Crippen LogP contribution in [0.15, 0.2) is 24.4 Å². The third-order valence-electron chi connectivity index (χ3n) is 2.39. The Bertz CT molecular complexity index is 491. The maximum absolute atomic E-state index is 13.3. The molecule has 0 saturated heterocycles. The SMILES string of the molecule is NNC(Cc1cccc(F)c1Cl)c1cnsn1. The summed E-state index contributed by atoms with van der Waals surface area (Å²) in [4.78, 5) is 0. The van der Waals surface area contributed by atoms with Crippen LogP contribution >= 0.6 is 23.3 Å². The lowest BCUT2D eigenvalue weighted by Crippen LogP contribution is -2.29. The molecular formula is C10H10ClFN4S. The first-order valence-corrected chi connectivity index (χ1v) is 5.99. The number of nitrogens with two attached hydrogens (primary N) is 1. The Morgan fingerprint density at radius 3 is 3.00 bits per heavy atom. The summed E-state index contributed by atoms with van der Waals surface area (Å²) in [5.41, 5.74) is 4.03. The number of aromatic nitrogens is 2. The first-order chi connectivity index (χ1) is 8.22. The molecule has 1 unspecified atom stereocenters. The molecule has 0 aliphatic heterocycles. The van der Waals surface area contributed by atoms with Crippen LogP contribution in [-0.4, -0.2) is 8.75 Å². The number of hydrogen-bond donors (Lipinski definition) is 2. The molecule has 0 saturated carbocycles. The van der Waals surface area contributed by atoms with Crippen molar-refractivity contribution in [3.8, 4) is 0 Å². The molecule has 0 bridgehead atoms. The van der Waals surface area contributed by atoms with Crippen LogP contribution in [0.1, 0.15) is 17.3 Å². The lowest BCUT2D eigenvalue weighted by molar-refractivity contribution is 0.539. The molecule has 4 nitrogen and oxygen atoms in total. The van der Waals surface area contributed by atoms with Crippen LogP contribution in [0.25, 0.3) is 0 Å². The molecular weight excluding hydrogens is 263 g/mol. The van der Waals surface area contributed by atoms with Crippen molar-refractivity contribution in [2.75, 3.05) is 0 Å². The van der Waals surface area contributed by atoms with E-state index in [9.17, 15) is 4.39 Å². The highest BCUT2D eigenvalue weighted by Crippen LogP contribution is 2.24. The molecule has 1 aromatic heterocycles. The molecule has 7 heteroatoms. The Labute approximate surface area is 107 Å². The normalized spacial score (nSPS) is 12.6. The highest BCUT2D eigenvalue weighted by atomic mass is 35.5. The smallest absolute Gasteiger partial charge is 0.142 e. The molecule has 0 fully saturated rings. The van der Waals surface area contributed by atoms with Gasteiger partial charge in [0, 0.05) is 0 Å². The van der Waals surface area contributed by atoms with Crippen molar-refractivity contribution < 1.29 is 4.39 Å². The van der Waals surface area contributed by atoms with Gasteiger partial charge in [-0.1, -0.05) is 23.7 Å². The molecule has 3 N–H and O–H groups in total. The average molecular weight is 273 g/mol. The summed E-state index contributed by atoms with van der Waals surface area (Å²) in [5.74, 6) is 5.02. The van der Waals surface area contributed by atoms with Crippen molar-refractivity contribution in [1.82, 2.24) is 14.2 Å². The van der Waals surface area contributed by atoms with E-state index in [1.807, 2.05) is 0 Å². The standard InChI is InChI=1S/C10H10ClFN4S/c11-10-6(2-1-3-7(10)12)4-8(15-13)9-5-14-17-16-9/h1-3,5,8,15H,4,13H2. The van der Waals surface area contributed by atoms with E-state index in [-0.39, 0.29) is 11.1 Å². The van der Waals surface area contributed by atoms with Gasteiger partial charge in [-0.05, 0) is 18.1 Å². The Hall–Kier alpha value is -1.08. The highest BCUT2D eigenvalue weighted by Gasteiger charge is 2.16. The third-order valence-corrected chi connectivity index (χ3v) is 3.31. The molecule has 2 rings (SSSR count). The molecule has 1 heterocycles. The van der Waals surface area contributed by atoms with Crippen LogP contribution < -0.4 is 11.3 Å². The van der Waals surface area contributed by atoms with Crippen LogP contribution in [0, 0.1) is 5.82 Å². The minimum atomic E-state index is -0.434. The van der Waals surface area contributed by atoms with Crippen molar-refractivity contribution in [1.29, 1.82) is 0 Å². The number of hydrazine groups is 1. The highest BCUT2D eigenvalue weighted by molar-refractivity contribution is 6.99. The second kappa shape index (κ2) is 5.50. The zero-order chi connectivity index (χ0) is 12.3. The first-order valence-electron chi connectivity index (χ1n) is 4.89. The van der Waals surface area contributed by atoms with E-state index >= 15 is 0 Å². The maximum atomic E-state index is 13.3. The van der Waals surface area contributed by atoms with Gasteiger partial charge in [-0.25, -0.2) is 4.39 Å². The first kappa shape index (κ1) is 12.4. The lowest BCUT2D eigenvalue weighted by atomic mass is 10.0. The Morgan fingerprint density at radius 1 is 1.53 bits per heavy atom. The van der Waals surface area contributed by atoms with Crippen LogP contribution in [0.2, 0.25) is 5.02 Å². The Balaban J connectivity index is 2.22. The lowest BCUT2D eigenvalue weighted by Gasteiger charge is -2.14. The quantitative estimate of drug-likeness (QED) is 0.661. The fourth-order valence-corrected chi connectivity index (χ4v) is 2.17. The largest absolute Gasteiger partial charge is 0.271 e. The molecule has 0 amide bonds. The minimum Gasteiger partial charge on any atom is -0.271 e. The van der Waals surface area contributed by atoms with Gasteiger partial charge in [-0.3, -0.25) is 11.3 Å². The van der Waals surface area contributed by atoms with E-state index in [0.717, 1.165) is 17.4 Å². The topological polar surface area (TPSA) is 63.8 Å². The monoisotopic (exact) mass is 272 g/mol. The van der Waals surface area contributed by atoms with E-state index in [1.54, 1.807) is 18.3 Å². The summed E-state index contributed by atoms with van der Waals surface area (Å²) >= 11 is 6.98. The van der Waals surface area contributed by atoms with E-state index < -0.39 is 5.82 Å². The molecule has 17 heavy (non-hydrogen) atoms. The van der Waals surface area contributed by atoms with Gasteiger partial charge in [-0.15, -0.1) is 0 Å². The van der Waals surface area contributed by atoms with E-state index in [0.29, 0.717) is 12.0 Å². The van der Waals surface area contributed by atoms with Crippen LogP contribution in [-0.2, 0) is 6.42 Å². The summed E-state index contributed by atoms with van der Waals surface area (Å²) < 4.78 is 21.3. The zero-order valence-electron chi connectivity index (χ0n) is 8.73. The molecule has 1 atom stereocenters. The minimum absolute atomic E-state index is 0.121. The molecule has 0 spiro atoms. The van der Waals surface area contributed by atoms with Gasteiger partial charge < -0.3 is 0 Å². The molecule has 1 aromatic carbocycles. The second-order valence-corrected chi connectivity index (χ2v) is 4.40. The van der Waals surface area contributed by atoms with Crippen molar-refractivity contribution in [2.24, 2.45) is 5.84 Å². The number of hydrogen-bond acceptors (Lipinski definition) is 5. The molecule has 0 aliphatic rings. The van der Waals surface area contributed by atoms with Gasteiger partial charge in [0.05, 0.1) is 34.7 Å². The predicted molar refractivity (Wildman–Crippen MR) is 65.1 cm³/mol. The summed E-state index contributed by atoms with van der Waals surface area (Å²) in [5, 5.41) is 0.121. The van der Waals surface area contributed by atoms with Gasteiger partial charge in [0.1, 0.15) is 5.82 Å². The summed E-state index contributed by atoms with van der Waals surface area (Å²) in [6.07, 6.45) is 2.08. The fourth-order valence-electron chi connectivity index (χ4n) is 1.50. The summed E-state index contributed by atoms with van der Waals surface area (Å²) in [6.45, 7) is 0. The van der Waals surface area contributed by atoms with Gasteiger partial charge in [0.15, 0.2) is 0 Å². The van der Waals surface area contributed by atoms with Crippen LogP contribution in [0.5, 0.6) is 0 Å². The molecule has 0 aliphatic carbocycles. The Morgan fingerprint density at radius 2 is 2.35 bits per heavy atom. The van der Waals surface area contributed by atoms with Gasteiger partial charge in [0.2, 0.25) is 0 Å². The van der Waals surface area contributed by atoms with E-state index in [4.69, 9.17) is 17.4 Å². The zero-order valence-corrected chi connectivity index (χ0v) is 10.3. The third kappa shape index (κ3) is 2.78. The van der Waals surface area contributed by atoms with Gasteiger partial charge >= 0.3 is 0 Å². The summed E-state index contributed by atoms with van der Waals surface area (Å²) in [7, 11) is 0. The Kier molecular flexibility index (Phi) is 4.01. The molecule has 0 radical (unpaired) electrons. The van der Waals surface area contributed by atoms with E-state index in [1.165, 1.54) is 6.07 Å². The predicted octanol–water partition coefficient (Wildman–Crippen LogP) is 2.08. The van der Waals surface area contributed by atoms with Crippen molar-refractivity contribution in [2.45, 2.75) is 12.5 Å². The van der Waals surface area contributed by atoms with Crippen molar-refractivity contribution in [3.63, 3.8) is 0 Å². The number of halogens is 2. The van der Waals surface area contributed by atoms with Crippen LogP contribution in [0.4, 0.5) is 4.39 Å². The van der Waals surface area contributed by atoms with Gasteiger partial charge in [0.25, 0.3) is 0 Å². The summed E-state index contributed by atoms with van der Waals surface area (Å²) in [6, 6.07) is 4.47. The number of nitrogens with zero attached hydrogens (tertiary/aromatic N) is 2. The fraction of sp³-hybridized carbons (Fsp3) is 0.200. The van der Waals surface area contributed by atoms with Crippen molar-refractivity contribution >= 4 is 23.3 Å². The number of nitrogens with one attached hydrogen (secondary N) is 1. The number of benzene rings is 1. The van der Waals surface area contributed by atoms with Crippen LogP contribution in [0.3, 0.4) is 0 Å². The average Bonchev–Trinajstić information content (AvgIpc) is 2.85. The number of rotatable bonds is 4. The second-order valence-electron chi connectivity index (χ2n) is 3.47.